The van der Waals surface area contributed by atoms with Crippen LogP contribution in [0.25, 0.3) is 0 Å². The number of amides is 1. The van der Waals surface area contributed by atoms with Gasteiger partial charge < -0.3 is 9.64 Å². The van der Waals surface area contributed by atoms with Crippen molar-refractivity contribution in [2.45, 2.75) is 31.7 Å². The van der Waals surface area contributed by atoms with E-state index in [1.165, 1.54) is 18.2 Å². The fourth-order valence-electron chi connectivity index (χ4n) is 2.38. The molecule has 0 N–H and O–H groups in total. The first-order chi connectivity index (χ1) is 10.4. The van der Waals surface area contributed by atoms with E-state index in [9.17, 15) is 18.0 Å². The summed E-state index contributed by atoms with van der Waals surface area (Å²) in [6.45, 7) is 4.96. The van der Waals surface area contributed by atoms with Gasteiger partial charge in [0.05, 0.1) is 18.3 Å². The SMILES string of the molecule is C=CC(=O)N1CCC(OCc2ccc(C(F)(F)F)cc2)CC1. The molecule has 1 amide bonds. The first-order valence-corrected chi connectivity index (χ1v) is 7.09. The second kappa shape index (κ2) is 6.96. The van der Waals surface area contributed by atoms with Crippen LogP contribution >= 0.6 is 0 Å². The topological polar surface area (TPSA) is 29.5 Å². The Morgan fingerprint density at radius 1 is 1.27 bits per heavy atom. The highest BCUT2D eigenvalue weighted by molar-refractivity contribution is 5.87. The zero-order chi connectivity index (χ0) is 16.2. The monoisotopic (exact) mass is 313 g/mol. The molecule has 0 saturated carbocycles. The summed E-state index contributed by atoms with van der Waals surface area (Å²) in [5.41, 5.74) is 0.0464. The van der Waals surface area contributed by atoms with Crippen LogP contribution < -0.4 is 0 Å². The van der Waals surface area contributed by atoms with Crippen LogP contribution in [0.3, 0.4) is 0 Å². The van der Waals surface area contributed by atoms with E-state index in [-0.39, 0.29) is 18.6 Å². The summed E-state index contributed by atoms with van der Waals surface area (Å²) >= 11 is 0. The molecule has 3 nitrogen and oxygen atoms in total. The highest BCUT2D eigenvalue weighted by Crippen LogP contribution is 2.29. The number of alkyl halides is 3. The highest BCUT2D eigenvalue weighted by atomic mass is 19.4. The standard InChI is InChI=1S/C16H18F3NO2/c1-2-15(21)20-9-7-14(8-10-20)22-11-12-3-5-13(6-4-12)16(17,18)19/h2-6,14H,1,7-11H2. The Morgan fingerprint density at radius 2 is 1.86 bits per heavy atom. The quantitative estimate of drug-likeness (QED) is 0.797. The number of ether oxygens (including phenoxy) is 1. The average molecular weight is 313 g/mol. The molecule has 1 aliphatic rings. The zero-order valence-corrected chi connectivity index (χ0v) is 12.1. The fraction of sp³-hybridized carbons (Fsp3) is 0.438. The number of hydrogen-bond donors (Lipinski definition) is 0. The first-order valence-electron chi connectivity index (χ1n) is 7.09. The van der Waals surface area contributed by atoms with Crippen LogP contribution in [0.4, 0.5) is 13.2 Å². The van der Waals surface area contributed by atoms with E-state index < -0.39 is 11.7 Å². The summed E-state index contributed by atoms with van der Waals surface area (Å²) in [5.74, 6) is -0.0822. The molecule has 1 saturated heterocycles. The fourth-order valence-corrected chi connectivity index (χ4v) is 2.38. The van der Waals surface area contributed by atoms with Crippen molar-refractivity contribution in [3.63, 3.8) is 0 Å². The lowest BCUT2D eigenvalue weighted by Gasteiger charge is -2.31. The van der Waals surface area contributed by atoms with E-state index in [2.05, 4.69) is 6.58 Å². The van der Waals surface area contributed by atoms with Gasteiger partial charge in [0, 0.05) is 13.1 Å². The molecule has 2 rings (SSSR count). The van der Waals surface area contributed by atoms with Gasteiger partial charge in [-0.1, -0.05) is 18.7 Å². The third-order valence-corrected chi connectivity index (χ3v) is 3.70. The van der Waals surface area contributed by atoms with Gasteiger partial charge in [-0.25, -0.2) is 0 Å². The van der Waals surface area contributed by atoms with Crippen molar-refractivity contribution >= 4 is 5.91 Å². The van der Waals surface area contributed by atoms with Crippen molar-refractivity contribution in [1.82, 2.24) is 4.90 Å². The molecule has 0 radical (unpaired) electrons. The molecule has 0 bridgehead atoms. The van der Waals surface area contributed by atoms with E-state index >= 15 is 0 Å². The van der Waals surface area contributed by atoms with Crippen LogP contribution in [0.1, 0.15) is 24.0 Å². The predicted octanol–water partition coefficient (Wildman–Crippen LogP) is 3.40. The highest BCUT2D eigenvalue weighted by Gasteiger charge is 2.30. The van der Waals surface area contributed by atoms with E-state index in [1.807, 2.05) is 0 Å². The Hall–Kier alpha value is -1.82. The number of halogens is 3. The molecule has 22 heavy (non-hydrogen) atoms. The Labute approximate surface area is 127 Å². The van der Waals surface area contributed by atoms with Crippen molar-refractivity contribution in [3.05, 3.63) is 48.0 Å². The normalized spacial score (nSPS) is 16.6. The number of carbonyl (C=O) groups is 1. The third kappa shape index (κ3) is 4.34. The van der Waals surface area contributed by atoms with Gasteiger partial charge in [0.2, 0.25) is 5.91 Å². The molecular formula is C16H18F3NO2. The van der Waals surface area contributed by atoms with Crippen LogP contribution in [0.5, 0.6) is 0 Å². The summed E-state index contributed by atoms with van der Waals surface area (Å²) in [4.78, 5) is 13.2. The minimum Gasteiger partial charge on any atom is -0.373 e. The number of likely N-dealkylation sites (tertiary alicyclic amines) is 1. The lowest BCUT2D eigenvalue weighted by molar-refractivity contribution is -0.137. The van der Waals surface area contributed by atoms with E-state index in [0.29, 0.717) is 18.7 Å². The van der Waals surface area contributed by atoms with Crippen LogP contribution in [0.15, 0.2) is 36.9 Å². The van der Waals surface area contributed by atoms with Crippen LogP contribution in [0.2, 0.25) is 0 Å². The van der Waals surface area contributed by atoms with E-state index in [0.717, 1.165) is 25.0 Å². The zero-order valence-electron chi connectivity index (χ0n) is 12.1. The largest absolute Gasteiger partial charge is 0.416 e. The minimum atomic E-state index is -4.32. The molecule has 0 aromatic heterocycles. The maximum Gasteiger partial charge on any atom is 0.416 e. The second-order valence-electron chi connectivity index (χ2n) is 5.23. The van der Waals surface area contributed by atoms with Gasteiger partial charge in [-0.15, -0.1) is 0 Å². The van der Waals surface area contributed by atoms with Gasteiger partial charge >= 0.3 is 6.18 Å². The number of nitrogens with zero attached hydrogens (tertiary/aromatic N) is 1. The molecule has 1 fully saturated rings. The third-order valence-electron chi connectivity index (χ3n) is 3.70. The van der Waals surface area contributed by atoms with Gasteiger partial charge in [0.15, 0.2) is 0 Å². The summed E-state index contributed by atoms with van der Waals surface area (Å²) in [6.07, 6.45) is -1.55. The smallest absolute Gasteiger partial charge is 0.373 e. The molecule has 1 aromatic rings. The minimum absolute atomic E-state index is 0.0242. The maximum atomic E-state index is 12.5. The number of carbonyl (C=O) groups excluding carboxylic acids is 1. The Morgan fingerprint density at radius 3 is 2.36 bits per heavy atom. The number of piperidine rings is 1. The molecular weight excluding hydrogens is 295 g/mol. The molecule has 0 atom stereocenters. The van der Waals surface area contributed by atoms with Crippen molar-refractivity contribution in [1.29, 1.82) is 0 Å². The van der Waals surface area contributed by atoms with E-state index in [1.54, 1.807) is 4.90 Å². The summed E-state index contributed by atoms with van der Waals surface area (Å²) < 4.78 is 43.1. The molecule has 1 aromatic carbocycles. The van der Waals surface area contributed by atoms with Crippen molar-refractivity contribution < 1.29 is 22.7 Å². The lowest BCUT2D eigenvalue weighted by atomic mass is 10.1. The van der Waals surface area contributed by atoms with Crippen molar-refractivity contribution in [3.8, 4) is 0 Å². The molecule has 1 heterocycles. The average Bonchev–Trinajstić information content (AvgIpc) is 2.52. The summed E-state index contributed by atoms with van der Waals surface area (Å²) in [6, 6.07) is 4.98. The maximum absolute atomic E-state index is 12.5. The Kier molecular flexibility index (Phi) is 5.24. The first kappa shape index (κ1) is 16.5. The predicted molar refractivity (Wildman–Crippen MR) is 76.0 cm³/mol. The van der Waals surface area contributed by atoms with Crippen molar-refractivity contribution in [2.75, 3.05) is 13.1 Å². The molecule has 6 heteroatoms. The number of hydrogen-bond acceptors (Lipinski definition) is 2. The molecule has 0 aliphatic carbocycles. The van der Waals surface area contributed by atoms with Crippen molar-refractivity contribution in [2.24, 2.45) is 0 Å². The number of rotatable bonds is 4. The van der Waals surface area contributed by atoms with Gasteiger partial charge in [0.1, 0.15) is 0 Å². The van der Waals surface area contributed by atoms with Crippen LogP contribution in [0, 0.1) is 0 Å². The Bertz CT molecular complexity index is 517. The van der Waals surface area contributed by atoms with Crippen LogP contribution in [-0.2, 0) is 22.3 Å². The van der Waals surface area contributed by atoms with E-state index in [4.69, 9.17) is 4.74 Å². The lowest BCUT2D eigenvalue weighted by Crippen LogP contribution is -2.40. The molecule has 0 spiro atoms. The summed E-state index contributed by atoms with van der Waals surface area (Å²) in [7, 11) is 0. The molecule has 120 valence electrons. The van der Waals surface area contributed by atoms with Gasteiger partial charge in [-0.05, 0) is 36.6 Å². The van der Waals surface area contributed by atoms with Gasteiger partial charge in [0.25, 0.3) is 0 Å². The molecule has 0 unspecified atom stereocenters. The van der Waals surface area contributed by atoms with Crippen LogP contribution in [-0.4, -0.2) is 30.0 Å². The number of benzene rings is 1. The Balaban J connectivity index is 1.79. The second-order valence-corrected chi connectivity index (χ2v) is 5.23. The summed E-state index contributed by atoms with van der Waals surface area (Å²) in [5, 5.41) is 0. The van der Waals surface area contributed by atoms with Gasteiger partial charge in [-0.3, -0.25) is 4.79 Å². The molecule has 1 aliphatic heterocycles. The van der Waals surface area contributed by atoms with Gasteiger partial charge in [-0.2, -0.15) is 13.2 Å².